The first kappa shape index (κ1) is 31.3. The summed E-state index contributed by atoms with van der Waals surface area (Å²) in [7, 11) is 0. The third-order valence-electron chi connectivity index (χ3n) is 12.2. The Morgan fingerprint density at radius 3 is 2.20 bits per heavy atom. The molecule has 226 valence electrons. The molecule has 4 rings (SSSR count). The lowest BCUT2D eigenvalue weighted by Gasteiger charge is -2.65. The minimum absolute atomic E-state index is 0.0193. The standard InChI is InChI=1S/C32H50O8/c1-17(33)40-27(2,3)13-12-23(36)32(9,39)25-21(35)15-29(6)22-11-10-18-19(14-20(34)26(38)28(18,4)5)31(22,8)24(37)16-30(25,29)7/h10,19-22,25-26,34-35,38-39H,11-16H2,1-9H3/t19-,20+,21-,22+,25-,26-,29+,30-,31+,32+/m1/s1. The van der Waals surface area contributed by atoms with Crippen LogP contribution in [0.5, 0.6) is 0 Å². The zero-order valence-electron chi connectivity index (χ0n) is 25.7. The molecule has 0 aromatic rings. The monoisotopic (exact) mass is 562 g/mol. The van der Waals surface area contributed by atoms with Gasteiger partial charge in [0.2, 0.25) is 0 Å². The van der Waals surface area contributed by atoms with Crippen LogP contribution < -0.4 is 0 Å². The van der Waals surface area contributed by atoms with Gasteiger partial charge in [-0.2, -0.15) is 0 Å². The summed E-state index contributed by atoms with van der Waals surface area (Å²) in [6.07, 6.45) is 0.776. The molecule has 0 radical (unpaired) electrons. The third kappa shape index (κ3) is 4.26. The molecule has 3 fully saturated rings. The number of rotatable bonds is 6. The largest absolute Gasteiger partial charge is 0.460 e. The van der Waals surface area contributed by atoms with E-state index in [-0.39, 0.29) is 36.9 Å². The van der Waals surface area contributed by atoms with Crippen molar-refractivity contribution in [1.82, 2.24) is 0 Å². The molecule has 8 nitrogen and oxygen atoms in total. The van der Waals surface area contributed by atoms with Gasteiger partial charge in [-0.1, -0.05) is 46.3 Å². The highest BCUT2D eigenvalue weighted by Gasteiger charge is 2.74. The molecule has 0 saturated heterocycles. The second-order valence-electron chi connectivity index (χ2n) is 15.4. The number of allylic oxidation sites excluding steroid dienone is 1. The Kier molecular flexibility index (Phi) is 7.40. The molecule has 0 heterocycles. The zero-order valence-corrected chi connectivity index (χ0v) is 25.7. The summed E-state index contributed by atoms with van der Waals surface area (Å²) >= 11 is 0. The molecule has 4 aliphatic rings. The lowest BCUT2D eigenvalue weighted by Crippen LogP contribution is -2.65. The molecule has 4 N–H and O–H groups in total. The summed E-state index contributed by atoms with van der Waals surface area (Å²) in [6.45, 7) is 16.1. The van der Waals surface area contributed by atoms with Gasteiger partial charge in [0.15, 0.2) is 5.78 Å². The fourth-order valence-electron chi connectivity index (χ4n) is 9.83. The van der Waals surface area contributed by atoms with Crippen molar-refractivity contribution in [2.45, 2.75) is 130 Å². The first-order valence-corrected chi connectivity index (χ1v) is 14.8. The van der Waals surface area contributed by atoms with Crippen LogP contribution in [0.2, 0.25) is 0 Å². The minimum atomic E-state index is -1.89. The van der Waals surface area contributed by atoms with E-state index in [1.165, 1.54) is 13.8 Å². The SMILES string of the molecule is CC(=O)OC(C)(C)CCC(=O)[C@](C)(O)[C@@H]1[C@H](O)C[C@@]2(C)[C@@H]3CC=C4[C@@H](C[C@H](O)[C@@H](O)C4(C)C)[C@]3(C)C(=O)C[C@]12C. The van der Waals surface area contributed by atoms with Gasteiger partial charge in [0.05, 0.1) is 18.3 Å². The van der Waals surface area contributed by atoms with Gasteiger partial charge >= 0.3 is 5.97 Å². The molecule has 0 bridgehead atoms. The van der Waals surface area contributed by atoms with Gasteiger partial charge in [0.25, 0.3) is 0 Å². The highest BCUT2D eigenvalue weighted by molar-refractivity contribution is 5.90. The maximum Gasteiger partial charge on any atom is 0.303 e. The molecule has 0 aliphatic heterocycles. The third-order valence-corrected chi connectivity index (χ3v) is 12.2. The normalized spacial score (nSPS) is 44.0. The van der Waals surface area contributed by atoms with E-state index in [4.69, 9.17) is 4.74 Å². The van der Waals surface area contributed by atoms with Gasteiger partial charge in [-0.15, -0.1) is 0 Å². The minimum Gasteiger partial charge on any atom is -0.460 e. The van der Waals surface area contributed by atoms with Crippen LogP contribution in [0.3, 0.4) is 0 Å². The van der Waals surface area contributed by atoms with Crippen LogP contribution >= 0.6 is 0 Å². The number of carbonyl (C=O) groups is 3. The summed E-state index contributed by atoms with van der Waals surface area (Å²) in [6, 6.07) is 0. The average Bonchev–Trinajstić information content (AvgIpc) is 3.01. The fourth-order valence-corrected chi connectivity index (χ4v) is 9.83. The molecule has 10 atom stereocenters. The maximum atomic E-state index is 14.3. The second kappa shape index (κ2) is 9.45. The zero-order chi connectivity index (χ0) is 30.4. The molecule has 0 spiro atoms. The number of Topliss-reactive ketones (excluding diaryl/α,β-unsaturated/α-hetero) is 2. The van der Waals surface area contributed by atoms with Crippen LogP contribution in [0.25, 0.3) is 0 Å². The molecular formula is C32H50O8. The highest BCUT2D eigenvalue weighted by atomic mass is 16.6. The van der Waals surface area contributed by atoms with Crippen LogP contribution in [0.1, 0.15) is 101 Å². The number of esters is 1. The van der Waals surface area contributed by atoms with Gasteiger partial charge in [-0.05, 0) is 69.1 Å². The number of fused-ring (bicyclic) bond motifs is 5. The number of hydrogen-bond acceptors (Lipinski definition) is 8. The van der Waals surface area contributed by atoms with Crippen molar-refractivity contribution in [3.8, 4) is 0 Å². The summed E-state index contributed by atoms with van der Waals surface area (Å²) in [5.41, 5.74) is -4.68. The van der Waals surface area contributed by atoms with E-state index in [1.807, 2.05) is 27.7 Å². The number of ether oxygens (including phenoxy) is 1. The number of carbonyl (C=O) groups excluding carboxylic acids is 3. The number of aliphatic hydroxyl groups is 4. The Labute approximate surface area is 238 Å². The van der Waals surface area contributed by atoms with Crippen LogP contribution in [-0.2, 0) is 19.1 Å². The summed E-state index contributed by atoms with van der Waals surface area (Å²) in [5, 5.41) is 45.0. The van der Waals surface area contributed by atoms with E-state index in [0.29, 0.717) is 19.3 Å². The summed E-state index contributed by atoms with van der Waals surface area (Å²) in [4.78, 5) is 39.4. The molecular weight excluding hydrogens is 512 g/mol. The smallest absolute Gasteiger partial charge is 0.303 e. The molecule has 3 saturated carbocycles. The van der Waals surface area contributed by atoms with Crippen molar-refractivity contribution in [3.63, 3.8) is 0 Å². The van der Waals surface area contributed by atoms with E-state index < -0.39 is 68.8 Å². The van der Waals surface area contributed by atoms with Gasteiger partial charge in [-0.25, -0.2) is 0 Å². The quantitative estimate of drug-likeness (QED) is 0.285. The summed E-state index contributed by atoms with van der Waals surface area (Å²) in [5.74, 6) is -2.15. The van der Waals surface area contributed by atoms with Crippen molar-refractivity contribution < 1.29 is 39.5 Å². The number of ketones is 2. The first-order valence-electron chi connectivity index (χ1n) is 14.8. The lowest BCUT2D eigenvalue weighted by atomic mass is 9.38. The summed E-state index contributed by atoms with van der Waals surface area (Å²) < 4.78 is 5.32. The maximum absolute atomic E-state index is 14.3. The topological polar surface area (TPSA) is 141 Å². The van der Waals surface area contributed by atoms with Crippen LogP contribution in [-0.4, -0.2) is 67.5 Å². The molecule has 0 aromatic carbocycles. The van der Waals surface area contributed by atoms with E-state index in [0.717, 1.165) is 5.57 Å². The molecule has 40 heavy (non-hydrogen) atoms. The highest BCUT2D eigenvalue weighted by Crippen LogP contribution is 2.74. The van der Waals surface area contributed by atoms with Crippen LogP contribution in [0, 0.1) is 39.4 Å². The van der Waals surface area contributed by atoms with Gasteiger partial charge < -0.3 is 25.2 Å². The molecule has 0 aromatic heterocycles. The van der Waals surface area contributed by atoms with Crippen LogP contribution in [0.4, 0.5) is 0 Å². The van der Waals surface area contributed by atoms with E-state index in [1.54, 1.807) is 13.8 Å². The Morgan fingerprint density at radius 1 is 1.02 bits per heavy atom. The van der Waals surface area contributed by atoms with Gasteiger partial charge in [0, 0.05) is 36.5 Å². The van der Waals surface area contributed by atoms with Crippen molar-refractivity contribution in [2.24, 2.45) is 39.4 Å². The lowest BCUT2D eigenvalue weighted by molar-refractivity contribution is -0.188. The van der Waals surface area contributed by atoms with Crippen molar-refractivity contribution in [1.29, 1.82) is 0 Å². The Hall–Kier alpha value is -1.61. The van der Waals surface area contributed by atoms with Gasteiger partial charge in [0.1, 0.15) is 17.0 Å². The first-order chi connectivity index (χ1) is 18.1. The van der Waals surface area contributed by atoms with E-state index in [9.17, 15) is 34.8 Å². The Bertz CT molecular complexity index is 1120. The van der Waals surface area contributed by atoms with E-state index in [2.05, 4.69) is 13.0 Å². The second-order valence-corrected chi connectivity index (χ2v) is 15.4. The fraction of sp³-hybridized carbons (Fsp3) is 0.844. The predicted octanol–water partition coefficient (Wildman–Crippen LogP) is 3.52. The van der Waals surface area contributed by atoms with Crippen molar-refractivity contribution >= 4 is 17.5 Å². The van der Waals surface area contributed by atoms with Crippen LogP contribution in [0.15, 0.2) is 11.6 Å². The number of hydrogen-bond donors (Lipinski definition) is 4. The van der Waals surface area contributed by atoms with Crippen molar-refractivity contribution in [2.75, 3.05) is 0 Å². The molecule has 4 aliphatic carbocycles. The average molecular weight is 563 g/mol. The molecule has 0 amide bonds. The molecule has 8 heteroatoms. The Morgan fingerprint density at radius 2 is 1.62 bits per heavy atom. The van der Waals surface area contributed by atoms with E-state index >= 15 is 0 Å². The molecule has 0 unspecified atom stereocenters. The van der Waals surface area contributed by atoms with Gasteiger partial charge in [-0.3, -0.25) is 14.4 Å². The van der Waals surface area contributed by atoms with Crippen molar-refractivity contribution in [3.05, 3.63) is 11.6 Å². The predicted molar refractivity (Wildman–Crippen MR) is 149 cm³/mol. The Balaban J connectivity index is 1.70. The number of aliphatic hydroxyl groups excluding tert-OH is 3.